The molecule has 1 atom stereocenters. The average molecular weight is 318 g/mol. The number of hydrogen-bond acceptors (Lipinski definition) is 4. The van der Waals surface area contributed by atoms with E-state index in [9.17, 15) is 4.79 Å². The van der Waals surface area contributed by atoms with Crippen LogP contribution >= 0.6 is 11.3 Å². The van der Waals surface area contributed by atoms with E-state index in [4.69, 9.17) is 0 Å². The molecule has 1 aliphatic heterocycles. The van der Waals surface area contributed by atoms with E-state index in [1.807, 2.05) is 35.9 Å². The molecule has 5 nitrogen and oxygen atoms in total. The molecule has 1 fully saturated rings. The summed E-state index contributed by atoms with van der Waals surface area (Å²) in [5, 5.41) is 7.50. The highest BCUT2D eigenvalue weighted by Gasteiger charge is 2.33. The van der Waals surface area contributed by atoms with Gasteiger partial charge in [0.2, 0.25) is 5.91 Å². The summed E-state index contributed by atoms with van der Waals surface area (Å²) in [4.78, 5) is 19.1. The number of likely N-dealkylation sites (tertiary alicyclic amines) is 1. The van der Waals surface area contributed by atoms with Gasteiger partial charge in [0.15, 0.2) is 0 Å². The molecule has 3 rings (SSSR count). The Morgan fingerprint density at radius 3 is 2.77 bits per heavy atom. The van der Waals surface area contributed by atoms with Gasteiger partial charge in [-0.2, -0.15) is 5.10 Å². The molecule has 0 aliphatic carbocycles. The van der Waals surface area contributed by atoms with Gasteiger partial charge in [-0.15, -0.1) is 11.3 Å². The highest BCUT2D eigenvalue weighted by atomic mass is 32.1. The lowest BCUT2D eigenvalue weighted by Crippen LogP contribution is -2.32. The lowest BCUT2D eigenvalue weighted by atomic mass is 10.0. The molecule has 118 valence electrons. The zero-order valence-corrected chi connectivity index (χ0v) is 14.4. The van der Waals surface area contributed by atoms with Crippen LogP contribution in [0.25, 0.3) is 0 Å². The molecule has 0 unspecified atom stereocenters. The summed E-state index contributed by atoms with van der Waals surface area (Å²) < 4.78 is 1.91. The fourth-order valence-electron chi connectivity index (χ4n) is 3.38. The zero-order chi connectivity index (χ0) is 15.9. The summed E-state index contributed by atoms with van der Waals surface area (Å²) in [6, 6.07) is 0.168. The van der Waals surface area contributed by atoms with Crippen molar-refractivity contribution in [2.24, 2.45) is 7.05 Å². The van der Waals surface area contributed by atoms with Crippen LogP contribution < -0.4 is 0 Å². The van der Waals surface area contributed by atoms with E-state index in [1.165, 1.54) is 5.56 Å². The lowest BCUT2D eigenvalue weighted by molar-refractivity contribution is -0.131. The number of aryl methyl sites for hydroxylation is 3. The van der Waals surface area contributed by atoms with Gasteiger partial charge in [0.25, 0.3) is 0 Å². The highest BCUT2D eigenvalue weighted by molar-refractivity contribution is 7.09. The van der Waals surface area contributed by atoms with Crippen molar-refractivity contribution < 1.29 is 4.79 Å². The second kappa shape index (κ2) is 5.83. The van der Waals surface area contributed by atoms with Crippen molar-refractivity contribution in [3.05, 3.63) is 33.0 Å². The minimum absolute atomic E-state index is 0.168. The van der Waals surface area contributed by atoms with Gasteiger partial charge < -0.3 is 4.90 Å². The molecular formula is C16H22N4OS. The lowest BCUT2D eigenvalue weighted by Gasteiger charge is -2.25. The third-order valence-corrected chi connectivity index (χ3v) is 5.29. The molecule has 1 aliphatic rings. The first-order valence-electron chi connectivity index (χ1n) is 7.68. The largest absolute Gasteiger partial charge is 0.335 e. The van der Waals surface area contributed by atoms with Crippen LogP contribution in [0.5, 0.6) is 0 Å². The Balaban J connectivity index is 1.82. The minimum Gasteiger partial charge on any atom is -0.335 e. The van der Waals surface area contributed by atoms with E-state index in [1.54, 1.807) is 11.3 Å². The van der Waals surface area contributed by atoms with Gasteiger partial charge in [0.05, 0.1) is 28.9 Å². The molecule has 0 saturated carbocycles. The normalized spacial score (nSPS) is 18.2. The first-order valence-corrected chi connectivity index (χ1v) is 8.56. The smallest absolute Gasteiger partial charge is 0.229 e. The van der Waals surface area contributed by atoms with Crippen molar-refractivity contribution >= 4 is 17.2 Å². The van der Waals surface area contributed by atoms with E-state index in [0.29, 0.717) is 6.42 Å². The summed E-state index contributed by atoms with van der Waals surface area (Å²) in [6.07, 6.45) is 2.48. The quantitative estimate of drug-likeness (QED) is 0.874. The van der Waals surface area contributed by atoms with Crippen LogP contribution in [-0.2, 0) is 18.3 Å². The average Bonchev–Trinajstić information content (AvgIpc) is 3.12. The van der Waals surface area contributed by atoms with Crippen LogP contribution in [0.15, 0.2) is 5.38 Å². The van der Waals surface area contributed by atoms with E-state index in [2.05, 4.69) is 17.0 Å². The number of rotatable bonds is 3. The fraction of sp³-hybridized carbons (Fsp3) is 0.562. The van der Waals surface area contributed by atoms with Crippen LogP contribution in [-0.4, -0.2) is 32.1 Å². The molecule has 1 amide bonds. The molecule has 0 N–H and O–H groups in total. The van der Waals surface area contributed by atoms with E-state index in [-0.39, 0.29) is 11.9 Å². The number of aromatic nitrogens is 3. The third kappa shape index (κ3) is 2.67. The van der Waals surface area contributed by atoms with Gasteiger partial charge in [0, 0.05) is 30.2 Å². The molecule has 3 heterocycles. The van der Waals surface area contributed by atoms with Gasteiger partial charge in [-0.1, -0.05) is 0 Å². The Hall–Kier alpha value is -1.69. The first kappa shape index (κ1) is 15.2. The number of hydrogen-bond donors (Lipinski definition) is 0. The molecule has 6 heteroatoms. The number of amides is 1. The van der Waals surface area contributed by atoms with Crippen molar-refractivity contribution in [1.29, 1.82) is 0 Å². The second-order valence-corrected chi connectivity index (χ2v) is 7.05. The number of carbonyl (C=O) groups is 1. The van der Waals surface area contributed by atoms with Gasteiger partial charge in [-0.05, 0) is 33.6 Å². The summed E-state index contributed by atoms with van der Waals surface area (Å²) in [6.45, 7) is 6.92. The van der Waals surface area contributed by atoms with Crippen LogP contribution in [0.2, 0.25) is 0 Å². The maximum absolute atomic E-state index is 12.7. The summed E-state index contributed by atoms with van der Waals surface area (Å²) >= 11 is 1.60. The minimum atomic E-state index is 0.168. The highest BCUT2D eigenvalue weighted by Crippen LogP contribution is 2.35. The van der Waals surface area contributed by atoms with E-state index in [0.717, 1.165) is 41.5 Å². The molecule has 2 aromatic rings. The Bertz CT molecular complexity index is 703. The maximum Gasteiger partial charge on any atom is 0.229 e. The Morgan fingerprint density at radius 1 is 1.41 bits per heavy atom. The topological polar surface area (TPSA) is 51.0 Å². The first-order chi connectivity index (χ1) is 10.5. The van der Waals surface area contributed by atoms with Crippen LogP contribution in [0.1, 0.15) is 46.5 Å². The number of nitrogens with zero attached hydrogens (tertiary/aromatic N) is 4. The molecule has 0 spiro atoms. The number of thiazole rings is 1. The van der Waals surface area contributed by atoms with Gasteiger partial charge in [-0.3, -0.25) is 9.48 Å². The van der Waals surface area contributed by atoms with Crippen LogP contribution in [0, 0.1) is 20.8 Å². The second-order valence-electron chi connectivity index (χ2n) is 5.99. The van der Waals surface area contributed by atoms with Gasteiger partial charge in [0.1, 0.15) is 0 Å². The summed E-state index contributed by atoms with van der Waals surface area (Å²) in [5.41, 5.74) is 4.31. The van der Waals surface area contributed by atoms with Crippen LogP contribution in [0.3, 0.4) is 0 Å². The zero-order valence-electron chi connectivity index (χ0n) is 13.6. The molecule has 0 aromatic carbocycles. The van der Waals surface area contributed by atoms with Gasteiger partial charge in [-0.25, -0.2) is 4.98 Å². The Kier molecular flexibility index (Phi) is 4.04. The Labute approximate surface area is 135 Å². The standard InChI is InChI=1S/C16H22N4OS/c1-10-16(11(2)19(4)18-10)14-6-5-7-20(14)15(21)8-13-9-22-12(3)17-13/h9,14H,5-8H2,1-4H3/t14-/m0/s1. The monoisotopic (exact) mass is 318 g/mol. The fourth-order valence-corrected chi connectivity index (χ4v) is 4.00. The van der Waals surface area contributed by atoms with Crippen LogP contribution in [0.4, 0.5) is 0 Å². The summed E-state index contributed by atoms with van der Waals surface area (Å²) in [5.74, 6) is 0.176. The van der Waals surface area contributed by atoms with Gasteiger partial charge >= 0.3 is 0 Å². The molecule has 2 aromatic heterocycles. The predicted molar refractivity (Wildman–Crippen MR) is 86.9 cm³/mol. The van der Waals surface area contributed by atoms with Crippen molar-refractivity contribution in [2.75, 3.05) is 6.54 Å². The summed E-state index contributed by atoms with van der Waals surface area (Å²) in [7, 11) is 1.96. The van der Waals surface area contributed by atoms with Crippen molar-refractivity contribution in [3.8, 4) is 0 Å². The van der Waals surface area contributed by atoms with Crippen molar-refractivity contribution in [2.45, 2.75) is 46.1 Å². The number of carbonyl (C=O) groups excluding carboxylic acids is 1. The van der Waals surface area contributed by atoms with E-state index < -0.39 is 0 Å². The molecule has 1 saturated heterocycles. The molecule has 0 bridgehead atoms. The predicted octanol–water partition coefficient (Wildman–Crippen LogP) is 2.71. The molecular weight excluding hydrogens is 296 g/mol. The Morgan fingerprint density at radius 2 is 2.18 bits per heavy atom. The molecule has 22 heavy (non-hydrogen) atoms. The third-order valence-electron chi connectivity index (χ3n) is 4.47. The van der Waals surface area contributed by atoms with Crippen molar-refractivity contribution in [1.82, 2.24) is 19.7 Å². The maximum atomic E-state index is 12.7. The van der Waals surface area contributed by atoms with Crippen molar-refractivity contribution in [3.63, 3.8) is 0 Å². The van der Waals surface area contributed by atoms with E-state index >= 15 is 0 Å². The SMILES string of the molecule is Cc1nc(CC(=O)N2CCC[C@H]2c2c(C)nn(C)c2C)cs1. The molecule has 0 radical (unpaired) electrons.